The Morgan fingerprint density at radius 1 is 1.00 bits per heavy atom. The lowest BCUT2D eigenvalue weighted by atomic mass is 10.1. The second-order valence-electron chi connectivity index (χ2n) is 5.32. The molecule has 0 saturated heterocycles. The van der Waals surface area contributed by atoms with E-state index >= 15 is 0 Å². The summed E-state index contributed by atoms with van der Waals surface area (Å²) in [6, 6.07) is 15.7. The average Bonchev–Trinajstić information content (AvgIpc) is 2.89. The second-order valence-corrected chi connectivity index (χ2v) is 5.32. The summed E-state index contributed by atoms with van der Waals surface area (Å²) in [4.78, 5) is 7.96. The SMILES string of the molecule is Cc1ccc2nc(-c3c[nH]c4ccc(O)cc34)ccc2c1. The van der Waals surface area contributed by atoms with E-state index in [-0.39, 0.29) is 5.75 Å². The van der Waals surface area contributed by atoms with Crippen LogP contribution in [0.3, 0.4) is 0 Å². The van der Waals surface area contributed by atoms with Crippen LogP contribution in [0.1, 0.15) is 5.56 Å². The van der Waals surface area contributed by atoms with E-state index < -0.39 is 0 Å². The molecular weight excluding hydrogens is 260 g/mol. The fourth-order valence-electron chi connectivity index (χ4n) is 2.72. The van der Waals surface area contributed by atoms with Gasteiger partial charge in [0.1, 0.15) is 5.75 Å². The summed E-state index contributed by atoms with van der Waals surface area (Å²) in [6.07, 6.45) is 1.94. The predicted molar refractivity (Wildman–Crippen MR) is 85.4 cm³/mol. The van der Waals surface area contributed by atoms with E-state index in [9.17, 15) is 5.11 Å². The standard InChI is InChI=1S/C18H14N2O/c1-11-2-5-16-12(8-11)3-6-18(20-16)15-10-19-17-7-4-13(21)9-14(15)17/h2-10,19,21H,1H3. The van der Waals surface area contributed by atoms with Gasteiger partial charge < -0.3 is 10.1 Å². The molecule has 2 heterocycles. The van der Waals surface area contributed by atoms with Gasteiger partial charge in [-0.05, 0) is 43.3 Å². The van der Waals surface area contributed by atoms with Crippen molar-refractivity contribution < 1.29 is 5.11 Å². The largest absolute Gasteiger partial charge is 0.508 e. The van der Waals surface area contributed by atoms with Gasteiger partial charge in [0.25, 0.3) is 0 Å². The molecule has 0 radical (unpaired) electrons. The highest BCUT2D eigenvalue weighted by atomic mass is 16.3. The molecule has 0 aliphatic rings. The highest BCUT2D eigenvalue weighted by molar-refractivity contribution is 5.96. The minimum Gasteiger partial charge on any atom is -0.508 e. The monoisotopic (exact) mass is 274 g/mol. The van der Waals surface area contributed by atoms with Gasteiger partial charge in [-0.3, -0.25) is 0 Å². The molecule has 0 spiro atoms. The van der Waals surface area contributed by atoms with Crippen molar-refractivity contribution in [3.8, 4) is 17.0 Å². The van der Waals surface area contributed by atoms with Gasteiger partial charge in [0, 0.05) is 28.0 Å². The van der Waals surface area contributed by atoms with Crippen LogP contribution in [0.25, 0.3) is 33.1 Å². The Bertz CT molecular complexity index is 969. The fraction of sp³-hybridized carbons (Fsp3) is 0.0556. The molecule has 4 rings (SSSR count). The van der Waals surface area contributed by atoms with Crippen molar-refractivity contribution >= 4 is 21.8 Å². The number of aryl methyl sites for hydroxylation is 1. The molecule has 0 amide bonds. The van der Waals surface area contributed by atoms with Gasteiger partial charge in [-0.1, -0.05) is 17.7 Å². The maximum atomic E-state index is 9.69. The van der Waals surface area contributed by atoms with Gasteiger partial charge in [-0.15, -0.1) is 0 Å². The van der Waals surface area contributed by atoms with Crippen LogP contribution in [0.15, 0.2) is 54.7 Å². The van der Waals surface area contributed by atoms with Crippen molar-refractivity contribution in [2.45, 2.75) is 6.92 Å². The van der Waals surface area contributed by atoms with E-state index in [1.807, 2.05) is 24.4 Å². The van der Waals surface area contributed by atoms with E-state index in [1.165, 1.54) is 5.56 Å². The Labute approximate surface area is 121 Å². The third-order valence-electron chi connectivity index (χ3n) is 3.79. The molecule has 21 heavy (non-hydrogen) atoms. The molecule has 0 aliphatic heterocycles. The van der Waals surface area contributed by atoms with Crippen LogP contribution in [-0.4, -0.2) is 15.1 Å². The first-order chi connectivity index (χ1) is 10.2. The third-order valence-corrected chi connectivity index (χ3v) is 3.79. The van der Waals surface area contributed by atoms with Crippen LogP contribution < -0.4 is 0 Å². The number of nitrogens with zero attached hydrogens (tertiary/aromatic N) is 1. The van der Waals surface area contributed by atoms with Crippen LogP contribution in [0.2, 0.25) is 0 Å². The molecule has 3 heteroatoms. The van der Waals surface area contributed by atoms with Crippen molar-refractivity contribution in [2.24, 2.45) is 0 Å². The summed E-state index contributed by atoms with van der Waals surface area (Å²) in [5.74, 6) is 0.264. The summed E-state index contributed by atoms with van der Waals surface area (Å²) >= 11 is 0. The first-order valence-electron chi connectivity index (χ1n) is 6.88. The van der Waals surface area contributed by atoms with E-state index in [1.54, 1.807) is 12.1 Å². The number of nitrogens with one attached hydrogen (secondary N) is 1. The second kappa shape index (κ2) is 4.35. The molecule has 3 nitrogen and oxygen atoms in total. The summed E-state index contributed by atoms with van der Waals surface area (Å²) < 4.78 is 0. The van der Waals surface area contributed by atoms with Gasteiger partial charge >= 0.3 is 0 Å². The topological polar surface area (TPSA) is 48.9 Å². The number of aromatic nitrogens is 2. The van der Waals surface area contributed by atoms with Gasteiger partial charge in [-0.2, -0.15) is 0 Å². The Kier molecular flexibility index (Phi) is 2.48. The Morgan fingerprint density at radius 3 is 2.81 bits per heavy atom. The van der Waals surface area contributed by atoms with E-state index in [0.29, 0.717) is 0 Å². The number of pyridine rings is 1. The number of hydrogen-bond acceptors (Lipinski definition) is 2. The van der Waals surface area contributed by atoms with Crippen molar-refractivity contribution in [1.82, 2.24) is 9.97 Å². The van der Waals surface area contributed by atoms with Crippen LogP contribution in [-0.2, 0) is 0 Å². The number of H-pyrrole nitrogens is 1. The van der Waals surface area contributed by atoms with Gasteiger partial charge in [0.05, 0.1) is 11.2 Å². The summed E-state index contributed by atoms with van der Waals surface area (Å²) in [5, 5.41) is 11.8. The van der Waals surface area contributed by atoms with Crippen molar-refractivity contribution in [3.05, 3.63) is 60.3 Å². The van der Waals surface area contributed by atoms with Gasteiger partial charge in [-0.25, -0.2) is 4.98 Å². The zero-order valence-electron chi connectivity index (χ0n) is 11.6. The minimum atomic E-state index is 0.264. The average molecular weight is 274 g/mol. The van der Waals surface area contributed by atoms with E-state index in [0.717, 1.165) is 33.1 Å². The number of fused-ring (bicyclic) bond motifs is 2. The van der Waals surface area contributed by atoms with Crippen LogP contribution in [0, 0.1) is 6.92 Å². The Balaban J connectivity index is 1.95. The van der Waals surface area contributed by atoms with E-state index in [2.05, 4.69) is 30.1 Å². The van der Waals surface area contributed by atoms with Crippen molar-refractivity contribution in [3.63, 3.8) is 0 Å². The zero-order chi connectivity index (χ0) is 14.4. The molecule has 0 unspecified atom stereocenters. The summed E-state index contributed by atoms with van der Waals surface area (Å²) in [5.41, 5.74) is 5.11. The smallest absolute Gasteiger partial charge is 0.116 e. The molecule has 2 aromatic heterocycles. The molecule has 0 bridgehead atoms. The third kappa shape index (κ3) is 1.94. The first-order valence-corrected chi connectivity index (χ1v) is 6.88. The molecule has 2 N–H and O–H groups in total. The van der Waals surface area contributed by atoms with Crippen molar-refractivity contribution in [2.75, 3.05) is 0 Å². The molecular formula is C18H14N2O. The number of hydrogen-bond donors (Lipinski definition) is 2. The minimum absolute atomic E-state index is 0.264. The normalized spacial score (nSPS) is 11.3. The predicted octanol–water partition coefficient (Wildman–Crippen LogP) is 4.40. The quantitative estimate of drug-likeness (QED) is 0.540. The fourth-order valence-corrected chi connectivity index (χ4v) is 2.72. The zero-order valence-corrected chi connectivity index (χ0v) is 11.6. The summed E-state index contributed by atoms with van der Waals surface area (Å²) in [6.45, 7) is 2.08. The Morgan fingerprint density at radius 2 is 1.90 bits per heavy atom. The number of aromatic hydroxyl groups is 1. The Hall–Kier alpha value is -2.81. The maximum Gasteiger partial charge on any atom is 0.116 e. The molecule has 0 atom stereocenters. The maximum absolute atomic E-state index is 9.69. The van der Waals surface area contributed by atoms with Crippen molar-refractivity contribution in [1.29, 1.82) is 0 Å². The molecule has 0 saturated carbocycles. The first kappa shape index (κ1) is 12.0. The van der Waals surface area contributed by atoms with Gasteiger partial charge in [0.2, 0.25) is 0 Å². The lowest BCUT2D eigenvalue weighted by Gasteiger charge is -2.03. The van der Waals surface area contributed by atoms with Gasteiger partial charge in [0.15, 0.2) is 0 Å². The number of phenolic OH excluding ortho intramolecular Hbond substituents is 1. The molecule has 2 aromatic carbocycles. The van der Waals surface area contributed by atoms with Crippen LogP contribution in [0.5, 0.6) is 5.75 Å². The lowest BCUT2D eigenvalue weighted by Crippen LogP contribution is -1.85. The summed E-state index contributed by atoms with van der Waals surface area (Å²) in [7, 11) is 0. The number of aromatic amines is 1. The highest BCUT2D eigenvalue weighted by Crippen LogP contribution is 2.30. The van der Waals surface area contributed by atoms with Crippen LogP contribution >= 0.6 is 0 Å². The number of phenols is 1. The van der Waals surface area contributed by atoms with E-state index in [4.69, 9.17) is 4.98 Å². The lowest BCUT2D eigenvalue weighted by molar-refractivity contribution is 0.476. The molecule has 4 aromatic rings. The molecule has 0 fully saturated rings. The number of benzene rings is 2. The molecule has 102 valence electrons. The van der Waals surface area contributed by atoms with Crippen LogP contribution in [0.4, 0.5) is 0 Å². The number of rotatable bonds is 1. The molecule has 0 aliphatic carbocycles. The highest BCUT2D eigenvalue weighted by Gasteiger charge is 2.09.